The number of nitrogens with zero attached hydrogens (tertiary/aromatic N) is 3. The maximum atomic E-state index is 9.00. The molecule has 1 aromatic heterocycles. The fourth-order valence-electron chi connectivity index (χ4n) is 1.60. The number of benzene rings is 1. The molecule has 0 amide bonds. The van der Waals surface area contributed by atoms with Gasteiger partial charge in [-0.05, 0) is 37.3 Å². The van der Waals surface area contributed by atoms with Gasteiger partial charge in [0, 0.05) is 0 Å². The van der Waals surface area contributed by atoms with E-state index in [9.17, 15) is 0 Å². The van der Waals surface area contributed by atoms with E-state index >= 15 is 0 Å². The molecule has 2 rings (SSSR count). The molecule has 1 aromatic carbocycles. The van der Waals surface area contributed by atoms with Crippen LogP contribution in [-0.4, -0.2) is 9.97 Å². The Hall–Kier alpha value is -2.44. The lowest BCUT2D eigenvalue weighted by atomic mass is 10.2. The van der Waals surface area contributed by atoms with E-state index < -0.39 is 0 Å². The average molecular weight is 282 g/mol. The van der Waals surface area contributed by atoms with E-state index in [1.54, 1.807) is 24.3 Å². The van der Waals surface area contributed by atoms with Gasteiger partial charge in [0.1, 0.15) is 5.69 Å². The van der Waals surface area contributed by atoms with Crippen molar-refractivity contribution in [2.24, 2.45) is 0 Å². The number of fused-ring (bicyclic) bond motifs is 1. The van der Waals surface area contributed by atoms with Gasteiger partial charge < -0.3 is 0 Å². The Labute approximate surface area is 122 Å². The summed E-state index contributed by atoms with van der Waals surface area (Å²) >= 11 is 6.09. The Morgan fingerprint density at radius 2 is 1.95 bits per heavy atom. The molecular formula is C16H12ClN3. The molecule has 0 unspecified atom stereocenters. The summed E-state index contributed by atoms with van der Waals surface area (Å²) in [5, 5.41) is 9.32. The van der Waals surface area contributed by atoms with Crippen LogP contribution in [0.15, 0.2) is 54.1 Å². The van der Waals surface area contributed by atoms with Crippen LogP contribution in [0.3, 0.4) is 0 Å². The van der Waals surface area contributed by atoms with E-state index in [-0.39, 0.29) is 0 Å². The summed E-state index contributed by atoms with van der Waals surface area (Å²) in [7, 11) is 0. The van der Waals surface area contributed by atoms with Crippen LogP contribution in [0.2, 0.25) is 5.15 Å². The Bertz CT molecular complexity index is 752. The first-order chi connectivity index (χ1) is 9.74. The van der Waals surface area contributed by atoms with Gasteiger partial charge in [-0.2, -0.15) is 5.26 Å². The van der Waals surface area contributed by atoms with Gasteiger partial charge in [-0.3, -0.25) is 0 Å². The van der Waals surface area contributed by atoms with Gasteiger partial charge in [0.25, 0.3) is 0 Å². The molecule has 0 fully saturated rings. The Kier molecular flexibility index (Phi) is 4.65. The van der Waals surface area contributed by atoms with Crippen LogP contribution >= 0.6 is 11.6 Å². The van der Waals surface area contributed by atoms with Gasteiger partial charge in [0.05, 0.1) is 22.7 Å². The van der Waals surface area contributed by atoms with Gasteiger partial charge in [0.15, 0.2) is 5.15 Å². The van der Waals surface area contributed by atoms with Crippen LogP contribution < -0.4 is 0 Å². The summed E-state index contributed by atoms with van der Waals surface area (Å²) < 4.78 is 0. The van der Waals surface area contributed by atoms with Crippen molar-refractivity contribution in [1.29, 1.82) is 5.26 Å². The number of allylic oxidation sites excluding steroid dienone is 5. The minimum absolute atomic E-state index is 0.322. The highest BCUT2D eigenvalue weighted by Crippen LogP contribution is 2.18. The smallest absolute Gasteiger partial charge is 0.155 e. The van der Waals surface area contributed by atoms with Crippen LogP contribution in [0.1, 0.15) is 12.6 Å². The van der Waals surface area contributed by atoms with Crippen molar-refractivity contribution in [3.63, 3.8) is 0 Å². The van der Waals surface area contributed by atoms with E-state index in [1.165, 1.54) is 0 Å². The van der Waals surface area contributed by atoms with Crippen LogP contribution in [0.5, 0.6) is 0 Å². The number of nitriles is 1. The molecule has 0 bridgehead atoms. The van der Waals surface area contributed by atoms with Crippen molar-refractivity contribution in [2.75, 3.05) is 0 Å². The molecule has 1 heterocycles. The number of hydrogen-bond donors (Lipinski definition) is 0. The molecule has 0 atom stereocenters. The van der Waals surface area contributed by atoms with Gasteiger partial charge in [-0.15, -0.1) is 0 Å². The van der Waals surface area contributed by atoms with Crippen molar-refractivity contribution >= 4 is 28.7 Å². The second-order valence-electron chi connectivity index (χ2n) is 3.98. The van der Waals surface area contributed by atoms with E-state index in [4.69, 9.17) is 16.9 Å². The maximum Gasteiger partial charge on any atom is 0.155 e. The maximum absolute atomic E-state index is 9.00. The molecule has 0 aliphatic heterocycles. The Balaban J connectivity index is 2.38. The number of rotatable bonds is 3. The lowest BCUT2D eigenvalue weighted by Crippen LogP contribution is -1.89. The molecular weight excluding hydrogens is 270 g/mol. The first-order valence-electron chi connectivity index (χ1n) is 6.08. The summed E-state index contributed by atoms with van der Waals surface area (Å²) in [6.07, 6.45) is 8.74. The van der Waals surface area contributed by atoms with Crippen LogP contribution in [0.25, 0.3) is 17.1 Å². The standard InChI is InChI=1S/C16H12ClN3/c1-2-3-6-12(11-18)9-10-15-16(17)20-14-8-5-4-7-13(14)19-15/h2-10H,1H3/b3-2-,10-9+,12-6+. The number of aromatic nitrogens is 2. The van der Waals surface area contributed by atoms with Gasteiger partial charge >= 0.3 is 0 Å². The predicted octanol–water partition coefficient (Wildman–Crippen LogP) is 4.32. The molecule has 3 nitrogen and oxygen atoms in total. The highest BCUT2D eigenvalue weighted by Gasteiger charge is 2.03. The van der Waals surface area contributed by atoms with Crippen molar-refractivity contribution < 1.29 is 0 Å². The largest absolute Gasteiger partial charge is 0.244 e. The molecule has 0 spiro atoms. The Morgan fingerprint density at radius 1 is 1.25 bits per heavy atom. The summed E-state index contributed by atoms with van der Waals surface area (Å²) in [5.41, 5.74) is 2.59. The molecule has 0 radical (unpaired) electrons. The third kappa shape index (κ3) is 3.31. The van der Waals surface area contributed by atoms with E-state index in [1.807, 2.05) is 37.3 Å². The second kappa shape index (κ2) is 6.65. The first kappa shape index (κ1) is 14.0. The molecule has 0 saturated heterocycles. The topological polar surface area (TPSA) is 49.6 Å². The zero-order valence-corrected chi connectivity index (χ0v) is 11.7. The van der Waals surface area contributed by atoms with Crippen molar-refractivity contribution in [2.45, 2.75) is 6.92 Å². The zero-order valence-electron chi connectivity index (χ0n) is 10.9. The minimum Gasteiger partial charge on any atom is -0.244 e. The predicted molar refractivity (Wildman–Crippen MR) is 82.1 cm³/mol. The van der Waals surface area contributed by atoms with Crippen LogP contribution in [0, 0.1) is 11.3 Å². The molecule has 2 aromatic rings. The van der Waals surface area contributed by atoms with E-state index in [2.05, 4.69) is 16.0 Å². The SMILES string of the molecule is C\C=C/C=C(C#N)\C=C\c1nc2ccccc2nc1Cl. The fraction of sp³-hybridized carbons (Fsp3) is 0.0625. The average Bonchev–Trinajstić information content (AvgIpc) is 2.47. The third-order valence-corrected chi connectivity index (χ3v) is 2.85. The molecule has 0 saturated carbocycles. The van der Waals surface area contributed by atoms with Gasteiger partial charge in [-0.1, -0.05) is 35.9 Å². The summed E-state index contributed by atoms with van der Waals surface area (Å²) in [6, 6.07) is 9.60. The first-order valence-corrected chi connectivity index (χ1v) is 6.46. The zero-order chi connectivity index (χ0) is 14.4. The normalized spacial score (nSPS) is 12.3. The van der Waals surface area contributed by atoms with Crippen molar-refractivity contribution in [3.05, 3.63) is 65.0 Å². The lowest BCUT2D eigenvalue weighted by molar-refractivity contribution is 1.26. The number of halogens is 1. The number of para-hydroxylation sites is 2. The minimum atomic E-state index is 0.322. The van der Waals surface area contributed by atoms with Gasteiger partial charge in [-0.25, -0.2) is 9.97 Å². The lowest BCUT2D eigenvalue weighted by Gasteiger charge is -2.00. The van der Waals surface area contributed by atoms with Crippen LogP contribution in [-0.2, 0) is 0 Å². The third-order valence-electron chi connectivity index (χ3n) is 2.57. The van der Waals surface area contributed by atoms with Crippen molar-refractivity contribution in [3.8, 4) is 6.07 Å². The number of hydrogen-bond acceptors (Lipinski definition) is 3. The molecule has 98 valence electrons. The van der Waals surface area contributed by atoms with Crippen LogP contribution in [0.4, 0.5) is 0 Å². The van der Waals surface area contributed by atoms with Gasteiger partial charge in [0.2, 0.25) is 0 Å². The molecule has 20 heavy (non-hydrogen) atoms. The van der Waals surface area contributed by atoms with E-state index in [0.717, 1.165) is 11.0 Å². The summed E-state index contributed by atoms with van der Waals surface area (Å²) in [6.45, 7) is 1.89. The molecule has 4 heteroatoms. The second-order valence-corrected chi connectivity index (χ2v) is 4.34. The highest BCUT2D eigenvalue weighted by atomic mass is 35.5. The molecule has 0 aliphatic carbocycles. The molecule has 0 N–H and O–H groups in total. The molecule has 0 aliphatic rings. The fourth-order valence-corrected chi connectivity index (χ4v) is 1.79. The Morgan fingerprint density at radius 3 is 2.60 bits per heavy atom. The summed E-state index contributed by atoms with van der Waals surface area (Å²) in [4.78, 5) is 8.70. The van der Waals surface area contributed by atoms with E-state index in [0.29, 0.717) is 16.4 Å². The monoisotopic (exact) mass is 281 g/mol. The quantitative estimate of drug-likeness (QED) is 0.622. The summed E-state index contributed by atoms with van der Waals surface area (Å²) in [5.74, 6) is 0. The van der Waals surface area contributed by atoms with Crippen molar-refractivity contribution in [1.82, 2.24) is 9.97 Å². The highest BCUT2D eigenvalue weighted by molar-refractivity contribution is 6.31.